The Morgan fingerprint density at radius 2 is 1.79 bits per heavy atom. The number of fused-ring (bicyclic) bond motifs is 1. The minimum atomic E-state index is 0.988. The molecule has 0 bridgehead atoms. The van der Waals surface area contributed by atoms with Gasteiger partial charge in [0.25, 0.3) is 0 Å². The molecule has 1 nitrogen and oxygen atoms in total. The largest absolute Gasteiger partial charge is 0.496 e. The summed E-state index contributed by atoms with van der Waals surface area (Å²) >= 11 is 1.80. The van der Waals surface area contributed by atoms with Crippen LogP contribution in [0.15, 0.2) is 53.9 Å². The minimum absolute atomic E-state index is 0.988. The van der Waals surface area contributed by atoms with Crippen molar-refractivity contribution in [2.75, 3.05) is 7.11 Å². The van der Waals surface area contributed by atoms with Crippen molar-refractivity contribution >= 4 is 21.4 Å². The normalized spacial score (nSPS) is 10.8. The summed E-state index contributed by atoms with van der Waals surface area (Å²) in [6.45, 7) is 0. The molecule has 96 valence electrons. The Morgan fingerprint density at radius 1 is 0.947 bits per heavy atom. The molecular weight excluding hydrogens is 252 g/mol. The predicted octanol–water partition coefficient (Wildman–Crippen LogP) is 4.70. The number of hydrogen-bond donors (Lipinski definition) is 0. The topological polar surface area (TPSA) is 9.23 Å². The monoisotopic (exact) mass is 268 g/mol. The number of hydrogen-bond acceptors (Lipinski definition) is 2. The van der Waals surface area contributed by atoms with Gasteiger partial charge < -0.3 is 4.74 Å². The van der Waals surface area contributed by atoms with Crippen molar-refractivity contribution < 1.29 is 4.74 Å². The maximum Gasteiger partial charge on any atom is 0.127 e. The van der Waals surface area contributed by atoms with Crippen molar-refractivity contribution in [3.63, 3.8) is 0 Å². The van der Waals surface area contributed by atoms with E-state index in [2.05, 4.69) is 47.8 Å². The summed E-state index contributed by atoms with van der Waals surface area (Å²) in [6.07, 6.45) is 2.13. The molecule has 1 aromatic heterocycles. The van der Waals surface area contributed by atoms with E-state index in [-0.39, 0.29) is 0 Å². The molecule has 0 unspecified atom stereocenters. The highest BCUT2D eigenvalue weighted by molar-refractivity contribution is 7.17. The molecule has 3 rings (SSSR count). The number of benzene rings is 2. The Balaban J connectivity index is 1.89. The van der Waals surface area contributed by atoms with E-state index >= 15 is 0 Å². The highest BCUT2D eigenvalue weighted by atomic mass is 32.1. The molecular formula is C17H16OS. The maximum atomic E-state index is 5.49. The average Bonchev–Trinajstić information content (AvgIpc) is 2.89. The first-order chi connectivity index (χ1) is 9.38. The van der Waals surface area contributed by atoms with E-state index in [1.165, 1.54) is 21.2 Å². The number of ether oxygens (including phenoxy) is 1. The fraction of sp³-hybridized carbons (Fsp3) is 0.176. The first kappa shape index (κ1) is 12.2. The Labute approximate surface area is 117 Å². The van der Waals surface area contributed by atoms with Crippen LogP contribution < -0.4 is 4.74 Å². The lowest BCUT2D eigenvalue weighted by molar-refractivity contribution is 0.419. The number of aryl methyl sites for hydroxylation is 2. The van der Waals surface area contributed by atoms with Gasteiger partial charge in [-0.1, -0.05) is 36.4 Å². The van der Waals surface area contributed by atoms with Crippen LogP contribution in [0.5, 0.6) is 5.75 Å². The van der Waals surface area contributed by atoms with E-state index in [9.17, 15) is 0 Å². The first-order valence-electron chi connectivity index (χ1n) is 6.45. The Kier molecular flexibility index (Phi) is 3.51. The molecule has 0 spiro atoms. The Hall–Kier alpha value is -1.80. The molecule has 0 aliphatic heterocycles. The lowest BCUT2D eigenvalue weighted by atomic mass is 10.0. The molecule has 0 aliphatic carbocycles. The van der Waals surface area contributed by atoms with Gasteiger partial charge in [0.2, 0.25) is 0 Å². The zero-order valence-electron chi connectivity index (χ0n) is 10.9. The van der Waals surface area contributed by atoms with Crippen LogP contribution in [0.3, 0.4) is 0 Å². The van der Waals surface area contributed by atoms with E-state index in [1.807, 2.05) is 6.07 Å². The fourth-order valence-corrected chi connectivity index (χ4v) is 3.41. The summed E-state index contributed by atoms with van der Waals surface area (Å²) < 4.78 is 6.79. The SMILES string of the molecule is COc1cccc2scc(CCc3ccccc3)c12. The van der Waals surface area contributed by atoms with Gasteiger partial charge in [0.1, 0.15) is 5.75 Å². The van der Waals surface area contributed by atoms with Crippen molar-refractivity contribution in [2.24, 2.45) is 0 Å². The summed E-state index contributed by atoms with van der Waals surface area (Å²) in [5.41, 5.74) is 2.78. The molecule has 2 aromatic carbocycles. The smallest absolute Gasteiger partial charge is 0.127 e. The van der Waals surface area contributed by atoms with Gasteiger partial charge in [0.15, 0.2) is 0 Å². The van der Waals surface area contributed by atoms with Gasteiger partial charge in [0.05, 0.1) is 7.11 Å². The van der Waals surface area contributed by atoms with Crippen molar-refractivity contribution in [3.8, 4) is 5.75 Å². The van der Waals surface area contributed by atoms with Crippen LogP contribution in [-0.2, 0) is 12.8 Å². The fourth-order valence-electron chi connectivity index (χ4n) is 2.40. The number of rotatable bonds is 4. The van der Waals surface area contributed by atoms with E-state index in [4.69, 9.17) is 4.74 Å². The third kappa shape index (κ3) is 2.49. The van der Waals surface area contributed by atoms with Crippen molar-refractivity contribution in [3.05, 3.63) is 65.0 Å². The van der Waals surface area contributed by atoms with Crippen LogP contribution in [0.2, 0.25) is 0 Å². The predicted molar refractivity (Wildman–Crippen MR) is 82.2 cm³/mol. The van der Waals surface area contributed by atoms with Gasteiger partial charge in [-0.15, -0.1) is 11.3 Å². The summed E-state index contributed by atoms with van der Waals surface area (Å²) in [5, 5.41) is 3.54. The molecule has 0 fully saturated rings. The van der Waals surface area contributed by atoms with Gasteiger partial charge in [-0.3, -0.25) is 0 Å². The van der Waals surface area contributed by atoms with Crippen LogP contribution in [0, 0.1) is 0 Å². The second kappa shape index (κ2) is 5.45. The molecule has 0 atom stereocenters. The molecule has 0 amide bonds. The molecule has 2 heteroatoms. The summed E-state index contributed by atoms with van der Waals surface area (Å²) in [4.78, 5) is 0. The van der Waals surface area contributed by atoms with E-state index < -0.39 is 0 Å². The average molecular weight is 268 g/mol. The van der Waals surface area contributed by atoms with Crippen LogP contribution >= 0.6 is 11.3 Å². The number of thiophene rings is 1. The molecule has 0 saturated heterocycles. The molecule has 1 heterocycles. The van der Waals surface area contributed by atoms with Crippen molar-refractivity contribution in [1.29, 1.82) is 0 Å². The molecule has 3 aromatic rings. The molecule has 0 N–H and O–H groups in total. The highest BCUT2D eigenvalue weighted by Gasteiger charge is 2.09. The van der Waals surface area contributed by atoms with Gasteiger partial charge in [0, 0.05) is 10.1 Å². The van der Waals surface area contributed by atoms with Crippen molar-refractivity contribution in [1.82, 2.24) is 0 Å². The third-order valence-electron chi connectivity index (χ3n) is 3.38. The second-order valence-electron chi connectivity index (χ2n) is 4.58. The van der Waals surface area contributed by atoms with Crippen molar-refractivity contribution in [2.45, 2.75) is 12.8 Å². The van der Waals surface area contributed by atoms with Gasteiger partial charge in [-0.2, -0.15) is 0 Å². The summed E-state index contributed by atoms with van der Waals surface area (Å²) in [6, 6.07) is 16.9. The minimum Gasteiger partial charge on any atom is -0.496 e. The van der Waals surface area contributed by atoms with E-state index in [1.54, 1.807) is 18.4 Å². The van der Waals surface area contributed by atoms with E-state index in [0.29, 0.717) is 0 Å². The van der Waals surface area contributed by atoms with Crippen LogP contribution in [0.25, 0.3) is 10.1 Å². The zero-order valence-corrected chi connectivity index (χ0v) is 11.7. The Morgan fingerprint density at radius 3 is 2.58 bits per heavy atom. The van der Waals surface area contributed by atoms with Crippen LogP contribution in [0.1, 0.15) is 11.1 Å². The zero-order chi connectivity index (χ0) is 13.1. The maximum absolute atomic E-state index is 5.49. The summed E-state index contributed by atoms with van der Waals surface area (Å²) in [5.74, 6) is 0.988. The molecule has 19 heavy (non-hydrogen) atoms. The summed E-state index contributed by atoms with van der Waals surface area (Å²) in [7, 11) is 1.74. The lowest BCUT2D eigenvalue weighted by Crippen LogP contribution is -1.91. The molecule has 0 radical (unpaired) electrons. The van der Waals surface area contributed by atoms with Gasteiger partial charge in [-0.25, -0.2) is 0 Å². The quantitative estimate of drug-likeness (QED) is 0.666. The lowest BCUT2D eigenvalue weighted by Gasteiger charge is -2.05. The van der Waals surface area contributed by atoms with Crippen LogP contribution in [0.4, 0.5) is 0 Å². The standard InChI is InChI=1S/C17H16OS/c1-18-15-8-5-9-16-17(15)14(12-19-16)11-10-13-6-3-2-4-7-13/h2-9,12H,10-11H2,1H3. The Bertz CT molecular complexity index is 670. The third-order valence-corrected chi connectivity index (χ3v) is 4.38. The van der Waals surface area contributed by atoms with Gasteiger partial charge >= 0.3 is 0 Å². The molecule has 0 saturated carbocycles. The van der Waals surface area contributed by atoms with Gasteiger partial charge in [-0.05, 0) is 41.5 Å². The first-order valence-corrected chi connectivity index (χ1v) is 7.33. The second-order valence-corrected chi connectivity index (χ2v) is 5.49. The van der Waals surface area contributed by atoms with Crippen LogP contribution in [-0.4, -0.2) is 7.11 Å². The number of methoxy groups -OCH3 is 1. The highest BCUT2D eigenvalue weighted by Crippen LogP contribution is 2.34. The molecule has 0 aliphatic rings. The van der Waals surface area contributed by atoms with E-state index in [0.717, 1.165) is 18.6 Å².